The summed E-state index contributed by atoms with van der Waals surface area (Å²) in [5, 5.41) is 14.5. The molecule has 1 spiro atoms. The summed E-state index contributed by atoms with van der Waals surface area (Å²) in [7, 11) is 0. The van der Waals surface area contributed by atoms with Gasteiger partial charge in [-0.1, -0.05) is 23.5 Å². The molecule has 0 bridgehead atoms. The number of carbonyl (C=O) groups excluding carboxylic acids is 3. The predicted octanol–water partition coefficient (Wildman–Crippen LogP) is 1.70. The Hall–Kier alpha value is -3.01. The number of likely N-dealkylation sites (tertiary alicyclic amines) is 1. The minimum Gasteiger partial charge on any atom is -0.467 e. The number of para-hydroxylation sites is 1. The summed E-state index contributed by atoms with van der Waals surface area (Å²) in [5.41, 5.74) is -0.479. The molecule has 2 N–H and O–H groups in total. The Labute approximate surface area is 171 Å². The van der Waals surface area contributed by atoms with E-state index in [1.807, 2.05) is 0 Å². The zero-order valence-corrected chi connectivity index (χ0v) is 16.9. The van der Waals surface area contributed by atoms with Crippen LogP contribution in [0.3, 0.4) is 0 Å². The van der Waals surface area contributed by atoms with Crippen LogP contribution >= 0.6 is 11.3 Å². The van der Waals surface area contributed by atoms with Gasteiger partial charge in [-0.25, -0.2) is 0 Å². The fourth-order valence-electron chi connectivity index (χ4n) is 3.59. The van der Waals surface area contributed by atoms with Crippen molar-refractivity contribution in [3.05, 3.63) is 34.8 Å². The molecule has 0 aliphatic carbocycles. The summed E-state index contributed by atoms with van der Waals surface area (Å²) in [6.07, 6.45) is 0.888. The second-order valence-corrected chi connectivity index (χ2v) is 8.36. The normalized spacial score (nSPS) is 22.3. The predicted molar refractivity (Wildman–Crippen MR) is 106 cm³/mol. The van der Waals surface area contributed by atoms with Crippen molar-refractivity contribution >= 4 is 34.2 Å². The molecule has 29 heavy (non-hydrogen) atoms. The lowest BCUT2D eigenvalue weighted by molar-refractivity contribution is -0.137. The van der Waals surface area contributed by atoms with E-state index in [0.717, 1.165) is 5.01 Å². The fourth-order valence-corrected chi connectivity index (χ4v) is 4.19. The highest BCUT2D eigenvalue weighted by Gasteiger charge is 2.43. The van der Waals surface area contributed by atoms with Crippen LogP contribution in [0.1, 0.15) is 41.6 Å². The largest absolute Gasteiger partial charge is 0.467 e. The molecule has 9 nitrogen and oxygen atoms in total. The van der Waals surface area contributed by atoms with Gasteiger partial charge >= 0.3 is 0 Å². The molecule has 0 unspecified atom stereocenters. The SMILES string of the molecule is Cc1nnc(NC(=O)[C@@H](C)N2CC[C@@]3(CCC2=O)NC(=O)c2ccccc2O3)s1. The number of nitrogens with one attached hydrogen (secondary N) is 2. The highest BCUT2D eigenvalue weighted by atomic mass is 32.1. The number of hydrogen-bond donors (Lipinski definition) is 2. The van der Waals surface area contributed by atoms with E-state index >= 15 is 0 Å². The van der Waals surface area contributed by atoms with Gasteiger partial charge in [-0.3, -0.25) is 19.7 Å². The molecule has 1 saturated heterocycles. The van der Waals surface area contributed by atoms with E-state index in [1.54, 1.807) is 38.1 Å². The van der Waals surface area contributed by atoms with Gasteiger partial charge in [0.2, 0.25) is 16.9 Å². The molecule has 1 fully saturated rings. The summed E-state index contributed by atoms with van der Waals surface area (Å²) < 4.78 is 6.12. The molecular formula is C19H21N5O4S. The first kappa shape index (κ1) is 19.3. The number of carbonyl (C=O) groups is 3. The van der Waals surface area contributed by atoms with Gasteiger partial charge in [0.1, 0.15) is 16.8 Å². The van der Waals surface area contributed by atoms with Crippen molar-refractivity contribution in [2.75, 3.05) is 11.9 Å². The van der Waals surface area contributed by atoms with Crippen LogP contribution in [0.5, 0.6) is 5.75 Å². The van der Waals surface area contributed by atoms with Gasteiger partial charge in [-0.2, -0.15) is 0 Å². The molecule has 2 atom stereocenters. The van der Waals surface area contributed by atoms with Crippen molar-refractivity contribution in [1.82, 2.24) is 20.4 Å². The highest BCUT2D eigenvalue weighted by molar-refractivity contribution is 7.15. The fraction of sp³-hybridized carbons (Fsp3) is 0.421. The summed E-state index contributed by atoms with van der Waals surface area (Å²) in [4.78, 5) is 39.4. The smallest absolute Gasteiger partial charge is 0.258 e. The number of aromatic nitrogens is 2. The number of anilines is 1. The molecule has 1 aromatic carbocycles. The summed E-state index contributed by atoms with van der Waals surface area (Å²) >= 11 is 1.27. The third-order valence-corrected chi connectivity index (χ3v) is 5.96. The topological polar surface area (TPSA) is 114 Å². The molecule has 2 aliphatic rings. The first-order valence-corrected chi connectivity index (χ1v) is 10.2. The molecule has 3 heterocycles. The van der Waals surface area contributed by atoms with E-state index in [-0.39, 0.29) is 30.7 Å². The Morgan fingerprint density at radius 2 is 2.10 bits per heavy atom. The first-order chi connectivity index (χ1) is 13.9. The number of nitrogens with zero attached hydrogens (tertiary/aromatic N) is 3. The van der Waals surface area contributed by atoms with Crippen LogP contribution in [0.2, 0.25) is 0 Å². The molecule has 152 valence electrons. The summed E-state index contributed by atoms with van der Waals surface area (Å²) in [5.74, 6) is -0.196. The van der Waals surface area contributed by atoms with Crippen molar-refractivity contribution in [2.45, 2.75) is 44.9 Å². The molecule has 3 amide bonds. The van der Waals surface area contributed by atoms with Crippen LogP contribution in [-0.2, 0) is 9.59 Å². The van der Waals surface area contributed by atoms with Gasteiger partial charge in [0, 0.05) is 25.8 Å². The average Bonchev–Trinajstić information content (AvgIpc) is 3.04. The average molecular weight is 415 g/mol. The standard InChI is InChI=1S/C19H21N5O4S/c1-11(16(26)20-18-23-22-12(2)29-18)24-10-9-19(8-7-15(24)25)21-17(27)13-5-3-4-6-14(13)28-19/h3-6,11H,7-10H2,1-2H3,(H,21,27)(H,20,23,26)/t11-,19+/m1/s1. The Morgan fingerprint density at radius 1 is 1.31 bits per heavy atom. The van der Waals surface area contributed by atoms with Gasteiger partial charge in [0.05, 0.1) is 5.56 Å². The zero-order chi connectivity index (χ0) is 20.6. The number of ether oxygens (including phenoxy) is 1. The Morgan fingerprint density at radius 3 is 2.86 bits per heavy atom. The van der Waals surface area contributed by atoms with Crippen molar-refractivity contribution < 1.29 is 19.1 Å². The van der Waals surface area contributed by atoms with E-state index in [1.165, 1.54) is 16.2 Å². The van der Waals surface area contributed by atoms with Gasteiger partial charge in [0.25, 0.3) is 5.91 Å². The Balaban J connectivity index is 1.48. The van der Waals surface area contributed by atoms with E-state index in [2.05, 4.69) is 20.8 Å². The van der Waals surface area contributed by atoms with Gasteiger partial charge in [0.15, 0.2) is 5.72 Å². The molecule has 1 aromatic heterocycles. The minimum absolute atomic E-state index is 0.158. The maximum atomic E-state index is 12.7. The third-order valence-electron chi connectivity index (χ3n) is 5.20. The van der Waals surface area contributed by atoms with Crippen LogP contribution < -0.4 is 15.4 Å². The van der Waals surface area contributed by atoms with E-state index in [9.17, 15) is 14.4 Å². The summed E-state index contributed by atoms with van der Waals surface area (Å²) in [6.45, 7) is 3.75. The lowest BCUT2D eigenvalue weighted by Crippen LogP contribution is -2.56. The monoisotopic (exact) mass is 415 g/mol. The molecule has 4 rings (SSSR count). The van der Waals surface area contributed by atoms with Gasteiger partial charge < -0.3 is 15.0 Å². The van der Waals surface area contributed by atoms with Gasteiger partial charge in [-0.05, 0) is 26.0 Å². The van der Waals surface area contributed by atoms with Crippen LogP contribution in [0, 0.1) is 6.92 Å². The van der Waals surface area contributed by atoms with E-state index < -0.39 is 11.8 Å². The van der Waals surface area contributed by atoms with Crippen LogP contribution in [0.15, 0.2) is 24.3 Å². The second-order valence-electron chi connectivity index (χ2n) is 7.18. The number of hydrogen-bond acceptors (Lipinski definition) is 7. The Kier molecular flexibility index (Phi) is 4.95. The number of aryl methyl sites for hydroxylation is 1. The van der Waals surface area contributed by atoms with Crippen molar-refractivity contribution in [2.24, 2.45) is 0 Å². The molecular weight excluding hydrogens is 394 g/mol. The van der Waals surface area contributed by atoms with Crippen molar-refractivity contribution in [1.29, 1.82) is 0 Å². The van der Waals surface area contributed by atoms with E-state index in [0.29, 0.717) is 29.3 Å². The lowest BCUT2D eigenvalue weighted by atomic mass is 10.0. The van der Waals surface area contributed by atoms with Crippen molar-refractivity contribution in [3.8, 4) is 5.75 Å². The van der Waals surface area contributed by atoms with Crippen LogP contribution in [0.4, 0.5) is 5.13 Å². The quantitative estimate of drug-likeness (QED) is 0.789. The Bertz CT molecular complexity index is 977. The number of fused-ring (bicyclic) bond motifs is 1. The third kappa shape index (κ3) is 3.80. The lowest BCUT2D eigenvalue weighted by Gasteiger charge is -2.38. The highest BCUT2D eigenvalue weighted by Crippen LogP contribution is 2.34. The zero-order valence-electron chi connectivity index (χ0n) is 16.1. The molecule has 2 aliphatic heterocycles. The summed E-state index contributed by atoms with van der Waals surface area (Å²) in [6, 6.07) is 6.35. The molecule has 0 radical (unpaired) electrons. The molecule has 0 saturated carbocycles. The van der Waals surface area contributed by atoms with E-state index in [4.69, 9.17) is 4.74 Å². The van der Waals surface area contributed by atoms with Crippen LogP contribution in [-0.4, -0.2) is 51.1 Å². The number of rotatable bonds is 3. The maximum Gasteiger partial charge on any atom is 0.258 e. The maximum absolute atomic E-state index is 12.7. The number of benzene rings is 1. The minimum atomic E-state index is -0.956. The molecule has 2 aromatic rings. The molecule has 10 heteroatoms. The second kappa shape index (κ2) is 7.43. The van der Waals surface area contributed by atoms with Crippen LogP contribution in [0.25, 0.3) is 0 Å². The first-order valence-electron chi connectivity index (χ1n) is 9.38. The van der Waals surface area contributed by atoms with Crippen molar-refractivity contribution in [3.63, 3.8) is 0 Å². The number of amides is 3. The van der Waals surface area contributed by atoms with Gasteiger partial charge in [-0.15, -0.1) is 10.2 Å².